The Bertz CT molecular complexity index is 239. The molecule has 0 spiro atoms. The smallest absolute Gasteiger partial charge is 0.325 e. The molecule has 0 saturated carbocycles. The summed E-state index contributed by atoms with van der Waals surface area (Å²) in [7, 11) is 1.78. The number of esters is 1. The van der Waals surface area contributed by atoms with Gasteiger partial charge in [0.05, 0.1) is 6.61 Å². The summed E-state index contributed by atoms with van der Waals surface area (Å²) in [6.45, 7) is 6.49. The molecule has 120 valence electrons. The van der Waals surface area contributed by atoms with E-state index >= 15 is 0 Å². The van der Waals surface area contributed by atoms with Crippen LogP contribution in [0, 0.1) is 0 Å². The zero-order valence-electron chi connectivity index (χ0n) is 14.1. The lowest BCUT2D eigenvalue weighted by Crippen LogP contribution is -2.45. The van der Waals surface area contributed by atoms with Crippen LogP contribution < -0.4 is 5.32 Å². The summed E-state index contributed by atoms with van der Waals surface area (Å²) in [6, 6.07) is 0. The Hall–Kier alpha value is -0.570. The third-order valence-electron chi connectivity index (χ3n) is 3.87. The van der Waals surface area contributed by atoms with E-state index in [2.05, 4.69) is 12.2 Å². The lowest BCUT2D eigenvalue weighted by molar-refractivity contribution is -0.150. The van der Waals surface area contributed by atoms with Crippen LogP contribution in [0.3, 0.4) is 0 Å². The van der Waals surface area contributed by atoms with Crippen molar-refractivity contribution >= 4 is 5.97 Å². The predicted octanol–water partition coefficient (Wildman–Crippen LogP) is 4.45. The summed E-state index contributed by atoms with van der Waals surface area (Å²) >= 11 is 0. The molecule has 0 aliphatic heterocycles. The van der Waals surface area contributed by atoms with Crippen LogP contribution >= 0.6 is 0 Å². The fraction of sp³-hybridized carbons (Fsp3) is 0.941. The second-order valence-corrected chi connectivity index (χ2v) is 6.19. The van der Waals surface area contributed by atoms with E-state index in [0.29, 0.717) is 6.61 Å². The normalized spacial score (nSPS) is 11.6. The summed E-state index contributed by atoms with van der Waals surface area (Å²) in [5.74, 6) is -0.157. The van der Waals surface area contributed by atoms with E-state index in [1.54, 1.807) is 7.05 Å². The molecule has 0 heterocycles. The molecular formula is C17H35NO2. The first-order chi connectivity index (χ1) is 9.54. The fourth-order valence-corrected chi connectivity index (χ4v) is 2.04. The maximum absolute atomic E-state index is 11.7. The van der Waals surface area contributed by atoms with Gasteiger partial charge in [0, 0.05) is 0 Å². The number of ether oxygens (including phenoxy) is 1. The first-order valence-corrected chi connectivity index (χ1v) is 8.40. The first-order valence-electron chi connectivity index (χ1n) is 8.40. The van der Waals surface area contributed by atoms with Crippen molar-refractivity contribution in [1.82, 2.24) is 5.32 Å². The van der Waals surface area contributed by atoms with Crippen LogP contribution in [-0.4, -0.2) is 25.2 Å². The van der Waals surface area contributed by atoms with E-state index in [1.165, 1.54) is 57.8 Å². The van der Waals surface area contributed by atoms with Crippen molar-refractivity contribution in [3.8, 4) is 0 Å². The fourth-order valence-electron chi connectivity index (χ4n) is 2.04. The highest BCUT2D eigenvalue weighted by Gasteiger charge is 2.26. The van der Waals surface area contributed by atoms with E-state index in [1.807, 2.05) is 13.8 Å². The molecule has 1 N–H and O–H groups in total. The van der Waals surface area contributed by atoms with Gasteiger partial charge in [-0.15, -0.1) is 0 Å². The molecule has 0 radical (unpaired) electrons. The molecule has 0 rings (SSSR count). The van der Waals surface area contributed by atoms with Crippen LogP contribution in [-0.2, 0) is 9.53 Å². The Balaban J connectivity index is 3.27. The van der Waals surface area contributed by atoms with Crippen molar-refractivity contribution in [2.75, 3.05) is 13.7 Å². The highest BCUT2D eigenvalue weighted by atomic mass is 16.5. The number of nitrogens with one attached hydrogen (secondary N) is 1. The lowest BCUT2D eigenvalue weighted by Gasteiger charge is -2.21. The number of likely N-dealkylation sites (N-methyl/N-ethyl adjacent to an activating group) is 1. The van der Waals surface area contributed by atoms with Crippen LogP contribution in [0.15, 0.2) is 0 Å². The van der Waals surface area contributed by atoms with Gasteiger partial charge in [-0.05, 0) is 27.3 Å². The van der Waals surface area contributed by atoms with Gasteiger partial charge in [0.2, 0.25) is 0 Å². The Morgan fingerprint density at radius 1 is 0.900 bits per heavy atom. The molecule has 0 fully saturated rings. The molecule has 0 aliphatic carbocycles. The summed E-state index contributed by atoms with van der Waals surface area (Å²) < 4.78 is 5.27. The van der Waals surface area contributed by atoms with Crippen LogP contribution in [0.25, 0.3) is 0 Å². The molecule has 0 unspecified atom stereocenters. The minimum atomic E-state index is -0.571. The summed E-state index contributed by atoms with van der Waals surface area (Å²) in [5, 5.41) is 2.96. The highest BCUT2D eigenvalue weighted by Crippen LogP contribution is 2.11. The lowest BCUT2D eigenvalue weighted by atomic mass is 10.1. The summed E-state index contributed by atoms with van der Waals surface area (Å²) in [6.07, 6.45) is 13.0. The van der Waals surface area contributed by atoms with E-state index in [-0.39, 0.29) is 5.97 Å². The molecule has 0 aromatic heterocycles. The molecule has 0 bridgehead atoms. The van der Waals surface area contributed by atoms with Crippen molar-refractivity contribution in [2.24, 2.45) is 0 Å². The molecule has 0 aromatic carbocycles. The first kappa shape index (κ1) is 19.4. The Morgan fingerprint density at radius 3 is 1.80 bits per heavy atom. The number of hydrogen-bond acceptors (Lipinski definition) is 3. The third kappa shape index (κ3) is 10.2. The minimum absolute atomic E-state index is 0.157. The second kappa shape index (κ2) is 12.2. The summed E-state index contributed by atoms with van der Waals surface area (Å²) in [4.78, 5) is 11.7. The molecule has 0 amide bonds. The number of unbranched alkanes of at least 4 members (excludes halogenated alkanes) is 9. The average molecular weight is 285 g/mol. The number of rotatable bonds is 13. The van der Waals surface area contributed by atoms with Crippen molar-refractivity contribution in [3.05, 3.63) is 0 Å². The molecule has 3 nitrogen and oxygen atoms in total. The summed E-state index contributed by atoms with van der Waals surface area (Å²) in [5.41, 5.74) is -0.571. The van der Waals surface area contributed by atoms with Crippen molar-refractivity contribution in [2.45, 2.75) is 90.5 Å². The van der Waals surface area contributed by atoms with Crippen LogP contribution in [0.4, 0.5) is 0 Å². The monoisotopic (exact) mass is 285 g/mol. The van der Waals surface area contributed by atoms with E-state index < -0.39 is 5.54 Å². The van der Waals surface area contributed by atoms with Gasteiger partial charge >= 0.3 is 5.97 Å². The molecule has 0 atom stereocenters. The SMILES string of the molecule is CCCCCCCCCCCCOC(=O)C(C)(C)NC. The third-order valence-corrected chi connectivity index (χ3v) is 3.87. The number of hydrogen-bond donors (Lipinski definition) is 1. The van der Waals surface area contributed by atoms with Gasteiger partial charge in [-0.1, -0.05) is 64.7 Å². The van der Waals surface area contributed by atoms with Crippen LogP contribution in [0.1, 0.15) is 85.0 Å². The predicted molar refractivity (Wildman–Crippen MR) is 85.9 cm³/mol. The van der Waals surface area contributed by atoms with E-state index in [9.17, 15) is 4.79 Å². The largest absolute Gasteiger partial charge is 0.464 e. The highest BCUT2D eigenvalue weighted by molar-refractivity contribution is 5.79. The quantitative estimate of drug-likeness (QED) is 0.401. The van der Waals surface area contributed by atoms with Crippen LogP contribution in [0.5, 0.6) is 0 Å². The standard InChI is InChI=1S/C17H35NO2/c1-5-6-7-8-9-10-11-12-13-14-15-20-16(19)17(2,3)18-4/h18H,5-15H2,1-4H3. The van der Waals surface area contributed by atoms with Gasteiger partial charge in [0.1, 0.15) is 5.54 Å². The van der Waals surface area contributed by atoms with E-state index in [4.69, 9.17) is 4.74 Å². The van der Waals surface area contributed by atoms with Gasteiger partial charge in [-0.2, -0.15) is 0 Å². The van der Waals surface area contributed by atoms with Gasteiger partial charge in [0.25, 0.3) is 0 Å². The van der Waals surface area contributed by atoms with Crippen LogP contribution in [0.2, 0.25) is 0 Å². The maximum atomic E-state index is 11.7. The molecule has 0 aromatic rings. The van der Waals surface area contributed by atoms with Crippen molar-refractivity contribution < 1.29 is 9.53 Å². The van der Waals surface area contributed by atoms with Gasteiger partial charge in [-0.3, -0.25) is 4.79 Å². The number of carbonyl (C=O) groups is 1. The molecule has 0 aliphatic rings. The molecule has 20 heavy (non-hydrogen) atoms. The van der Waals surface area contributed by atoms with Gasteiger partial charge < -0.3 is 10.1 Å². The van der Waals surface area contributed by atoms with Gasteiger partial charge in [-0.25, -0.2) is 0 Å². The Morgan fingerprint density at radius 2 is 1.35 bits per heavy atom. The van der Waals surface area contributed by atoms with E-state index in [0.717, 1.165) is 6.42 Å². The number of carbonyl (C=O) groups excluding carboxylic acids is 1. The topological polar surface area (TPSA) is 38.3 Å². The van der Waals surface area contributed by atoms with Crippen molar-refractivity contribution in [3.63, 3.8) is 0 Å². The van der Waals surface area contributed by atoms with Gasteiger partial charge in [0.15, 0.2) is 0 Å². The molecule has 3 heteroatoms. The zero-order chi connectivity index (χ0) is 15.3. The average Bonchev–Trinajstić information content (AvgIpc) is 2.44. The minimum Gasteiger partial charge on any atom is -0.464 e. The molecular weight excluding hydrogens is 250 g/mol. The second-order valence-electron chi connectivity index (χ2n) is 6.19. The van der Waals surface area contributed by atoms with Crippen molar-refractivity contribution in [1.29, 1.82) is 0 Å². The zero-order valence-corrected chi connectivity index (χ0v) is 14.1. The Labute approximate surface area is 125 Å². The Kier molecular flexibility index (Phi) is 11.8. The molecule has 0 saturated heterocycles. The maximum Gasteiger partial charge on any atom is 0.325 e.